The zero-order valence-electron chi connectivity index (χ0n) is 18.6. The van der Waals surface area contributed by atoms with Gasteiger partial charge in [-0.1, -0.05) is 6.07 Å². The second kappa shape index (κ2) is 11.3. The molecular formula is C25H22BrFIN5O2. The third-order valence-corrected chi connectivity index (χ3v) is 6.74. The number of pyridine rings is 1. The average molecular weight is 650 g/mol. The number of rotatable bonds is 5. The first-order valence-corrected chi connectivity index (χ1v) is 12.9. The Labute approximate surface area is 224 Å². The number of halogens is 3. The van der Waals surface area contributed by atoms with E-state index in [4.69, 9.17) is 5.41 Å². The lowest BCUT2D eigenvalue weighted by Gasteiger charge is -2.29. The number of piperidine rings is 1. The molecule has 1 aliphatic heterocycles. The molecule has 2 amide bonds. The number of carbonyl (C=O) groups is 2. The van der Waals surface area contributed by atoms with Crippen LogP contribution < -0.4 is 10.6 Å². The molecule has 1 fully saturated rings. The lowest BCUT2D eigenvalue weighted by molar-refractivity contribution is 0.102. The van der Waals surface area contributed by atoms with Gasteiger partial charge < -0.3 is 15.5 Å². The van der Waals surface area contributed by atoms with E-state index in [9.17, 15) is 14.0 Å². The molecule has 35 heavy (non-hydrogen) atoms. The third-order valence-electron chi connectivity index (χ3n) is 5.60. The lowest BCUT2D eigenvalue weighted by Crippen LogP contribution is -2.35. The normalized spacial score (nSPS) is 13.3. The molecule has 0 radical (unpaired) electrons. The second-order valence-electron chi connectivity index (χ2n) is 8.05. The number of amides is 2. The third kappa shape index (κ3) is 6.23. The molecule has 0 atom stereocenters. The van der Waals surface area contributed by atoms with Crippen molar-refractivity contribution < 1.29 is 14.0 Å². The molecule has 1 aliphatic rings. The minimum absolute atomic E-state index is 0.167. The maximum Gasteiger partial charge on any atom is 0.258 e. The molecule has 4 rings (SSSR count). The molecule has 0 spiro atoms. The largest absolute Gasteiger partial charge is 0.357 e. The number of anilines is 2. The van der Waals surface area contributed by atoms with E-state index in [0.717, 1.165) is 40.4 Å². The average Bonchev–Trinajstić information content (AvgIpc) is 2.86. The van der Waals surface area contributed by atoms with Gasteiger partial charge in [0.05, 0.1) is 16.8 Å². The van der Waals surface area contributed by atoms with Gasteiger partial charge in [-0.3, -0.25) is 15.0 Å². The van der Waals surface area contributed by atoms with E-state index in [1.807, 2.05) is 4.90 Å². The molecular weight excluding hydrogens is 628 g/mol. The highest BCUT2D eigenvalue weighted by Crippen LogP contribution is 2.23. The number of likely N-dealkylation sites (tertiary alicyclic amines) is 1. The molecule has 180 valence electrons. The Bertz CT molecular complexity index is 1280. The van der Waals surface area contributed by atoms with E-state index in [-0.39, 0.29) is 22.6 Å². The zero-order valence-corrected chi connectivity index (χ0v) is 22.3. The molecule has 2 heterocycles. The van der Waals surface area contributed by atoms with Gasteiger partial charge in [0.25, 0.3) is 11.8 Å². The summed E-state index contributed by atoms with van der Waals surface area (Å²) in [6.45, 7) is 1.55. The second-order valence-corrected chi connectivity index (χ2v) is 10.2. The SMILES string of the molecule is N=C(c1ccc(C(=O)Nc2ccc(I)cc2C(=O)Nc2ccc(Br)cn2)c(F)c1)N1CCCCC1. The quantitative estimate of drug-likeness (QED) is 0.182. The van der Waals surface area contributed by atoms with Gasteiger partial charge in [0.15, 0.2) is 0 Å². The van der Waals surface area contributed by atoms with Gasteiger partial charge in [0, 0.05) is 32.9 Å². The Kier molecular flexibility index (Phi) is 8.11. The van der Waals surface area contributed by atoms with Crippen LogP contribution in [0.3, 0.4) is 0 Å². The van der Waals surface area contributed by atoms with E-state index in [1.165, 1.54) is 12.1 Å². The maximum atomic E-state index is 14.9. The van der Waals surface area contributed by atoms with Crippen molar-refractivity contribution in [1.82, 2.24) is 9.88 Å². The summed E-state index contributed by atoms with van der Waals surface area (Å²) in [6.07, 6.45) is 4.71. The van der Waals surface area contributed by atoms with Crippen molar-refractivity contribution in [3.63, 3.8) is 0 Å². The summed E-state index contributed by atoms with van der Waals surface area (Å²) in [4.78, 5) is 31.9. The highest BCUT2D eigenvalue weighted by Gasteiger charge is 2.20. The van der Waals surface area contributed by atoms with Crippen LogP contribution in [-0.4, -0.2) is 40.6 Å². The van der Waals surface area contributed by atoms with Crippen LogP contribution in [0, 0.1) is 14.8 Å². The predicted octanol–water partition coefficient (Wildman–Crippen LogP) is 5.90. The standard InChI is InChI=1S/C25H22BrFIN5O2/c26-16-5-9-22(30-14-16)32-25(35)19-13-17(28)6-8-21(19)31-24(34)18-7-4-15(12-20(18)27)23(29)33-10-2-1-3-11-33/h4-9,12-14,29H,1-3,10-11H2,(H,31,34)(H,30,32,35). The highest BCUT2D eigenvalue weighted by molar-refractivity contribution is 14.1. The molecule has 3 aromatic rings. The van der Waals surface area contributed by atoms with Crippen LogP contribution in [-0.2, 0) is 0 Å². The number of aromatic nitrogens is 1. The van der Waals surface area contributed by atoms with Crippen LogP contribution in [0.4, 0.5) is 15.9 Å². The number of nitrogens with zero attached hydrogens (tertiary/aromatic N) is 2. The van der Waals surface area contributed by atoms with Crippen LogP contribution in [0.25, 0.3) is 0 Å². The molecule has 0 saturated carbocycles. The summed E-state index contributed by atoms with van der Waals surface area (Å²) < 4.78 is 16.5. The topological polar surface area (TPSA) is 98.2 Å². The maximum absolute atomic E-state index is 14.9. The van der Waals surface area contributed by atoms with Crippen molar-refractivity contribution in [3.8, 4) is 0 Å². The molecule has 1 saturated heterocycles. The fraction of sp³-hybridized carbons (Fsp3) is 0.200. The minimum Gasteiger partial charge on any atom is -0.357 e. The Balaban J connectivity index is 1.52. The molecule has 1 aromatic heterocycles. The summed E-state index contributed by atoms with van der Waals surface area (Å²) in [7, 11) is 0. The van der Waals surface area contributed by atoms with Crippen LogP contribution in [0.5, 0.6) is 0 Å². The Morgan fingerprint density at radius 2 is 1.71 bits per heavy atom. The van der Waals surface area contributed by atoms with E-state index in [1.54, 1.807) is 42.6 Å². The summed E-state index contributed by atoms with van der Waals surface area (Å²) in [5.74, 6) is -1.26. The molecule has 7 nitrogen and oxygen atoms in total. The number of hydrogen-bond acceptors (Lipinski definition) is 4. The van der Waals surface area contributed by atoms with Crippen molar-refractivity contribution in [3.05, 3.63) is 85.3 Å². The highest BCUT2D eigenvalue weighted by atomic mass is 127. The summed E-state index contributed by atoms with van der Waals surface area (Å²) >= 11 is 5.37. The Morgan fingerprint density at radius 3 is 2.40 bits per heavy atom. The molecule has 2 aromatic carbocycles. The lowest BCUT2D eigenvalue weighted by atomic mass is 10.1. The van der Waals surface area contributed by atoms with Crippen molar-refractivity contribution in [2.45, 2.75) is 19.3 Å². The summed E-state index contributed by atoms with van der Waals surface area (Å²) in [5.41, 5.74) is 0.727. The summed E-state index contributed by atoms with van der Waals surface area (Å²) in [6, 6.07) is 12.5. The first-order valence-electron chi connectivity index (χ1n) is 11.0. The Morgan fingerprint density at radius 1 is 0.971 bits per heavy atom. The van der Waals surface area contributed by atoms with Crippen molar-refractivity contribution >= 4 is 67.7 Å². The number of hydrogen-bond donors (Lipinski definition) is 3. The Hall–Kier alpha value is -2.86. The van der Waals surface area contributed by atoms with E-state index in [2.05, 4.69) is 54.1 Å². The molecule has 3 N–H and O–H groups in total. The van der Waals surface area contributed by atoms with Crippen molar-refractivity contribution in [2.24, 2.45) is 0 Å². The van der Waals surface area contributed by atoms with Crippen LogP contribution in [0.15, 0.2) is 59.2 Å². The van der Waals surface area contributed by atoms with Gasteiger partial charge in [-0.2, -0.15) is 0 Å². The number of carbonyl (C=O) groups excluding carboxylic acids is 2. The fourth-order valence-corrected chi connectivity index (χ4v) is 4.51. The minimum atomic E-state index is -0.725. The van der Waals surface area contributed by atoms with E-state index >= 15 is 0 Å². The van der Waals surface area contributed by atoms with Crippen molar-refractivity contribution in [2.75, 3.05) is 23.7 Å². The van der Waals surface area contributed by atoms with Crippen LogP contribution >= 0.6 is 38.5 Å². The van der Waals surface area contributed by atoms with Gasteiger partial charge in [0.2, 0.25) is 0 Å². The van der Waals surface area contributed by atoms with E-state index < -0.39 is 17.6 Å². The molecule has 10 heteroatoms. The monoisotopic (exact) mass is 649 g/mol. The molecule has 0 bridgehead atoms. The van der Waals surface area contributed by atoms with Gasteiger partial charge in [-0.25, -0.2) is 9.37 Å². The first-order chi connectivity index (χ1) is 16.8. The summed E-state index contributed by atoms with van der Waals surface area (Å²) in [5, 5.41) is 13.7. The first kappa shape index (κ1) is 25.2. The number of benzene rings is 2. The molecule has 0 aliphatic carbocycles. The van der Waals surface area contributed by atoms with Gasteiger partial charge in [0.1, 0.15) is 17.5 Å². The van der Waals surface area contributed by atoms with Gasteiger partial charge in [-0.05, 0) is 100 Å². The van der Waals surface area contributed by atoms with E-state index in [0.29, 0.717) is 11.4 Å². The predicted molar refractivity (Wildman–Crippen MR) is 146 cm³/mol. The number of nitrogens with one attached hydrogen (secondary N) is 3. The molecule has 0 unspecified atom stereocenters. The zero-order chi connectivity index (χ0) is 24.9. The number of amidine groups is 1. The van der Waals surface area contributed by atoms with Gasteiger partial charge in [-0.15, -0.1) is 0 Å². The van der Waals surface area contributed by atoms with Crippen LogP contribution in [0.1, 0.15) is 45.5 Å². The fourth-order valence-electron chi connectivity index (χ4n) is 3.78. The smallest absolute Gasteiger partial charge is 0.258 e. The van der Waals surface area contributed by atoms with Crippen LogP contribution in [0.2, 0.25) is 0 Å². The van der Waals surface area contributed by atoms with Crippen molar-refractivity contribution in [1.29, 1.82) is 5.41 Å². The van der Waals surface area contributed by atoms with Gasteiger partial charge >= 0.3 is 0 Å².